The van der Waals surface area contributed by atoms with E-state index in [2.05, 4.69) is 15.6 Å². The van der Waals surface area contributed by atoms with Crippen LogP contribution in [0.1, 0.15) is 47.7 Å². The van der Waals surface area contributed by atoms with Gasteiger partial charge in [0.15, 0.2) is 0 Å². The van der Waals surface area contributed by atoms with Gasteiger partial charge in [0.2, 0.25) is 11.8 Å². The Morgan fingerprint density at radius 3 is 3.12 bits per heavy atom. The van der Waals surface area contributed by atoms with Crippen LogP contribution in [0.4, 0.5) is 0 Å². The number of carbonyl (C=O) groups excluding carboxylic acids is 2. The zero-order valence-corrected chi connectivity index (χ0v) is 14.5. The number of rotatable bonds is 3. The molecule has 2 amide bonds. The first-order valence-corrected chi connectivity index (χ1v) is 9.64. The first kappa shape index (κ1) is 16.0. The maximum atomic E-state index is 12.7. The first-order valence-electron chi connectivity index (χ1n) is 8.83. The number of aromatic nitrogens is 1. The van der Waals surface area contributed by atoms with Crippen LogP contribution in [-0.2, 0) is 33.9 Å². The van der Waals surface area contributed by atoms with Gasteiger partial charge in [-0.1, -0.05) is 12.8 Å². The molecule has 3 atom stereocenters. The maximum Gasteiger partial charge on any atom is 0.224 e. The highest BCUT2D eigenvalue weighted by molar-refractivity contribution is 7.11. The topological polar surface area (TPSA) is 80.3 Å². The lowest BCUT2D eigenvalue weighted by Crippen LogP contribution is -2.54. The molecule has 1 aromatic rings. The zero-order chi connectivity index (χ0) is 16.5. The Morgan fingerprint density at radius 2 is 2.25 bits per heavy atom. The third-order valence-electron chi connectivity index (χ3n) is 5.38. The van der Waals surface area contributed by atoms with E-state index in [1.807, 2.05) is 0 Å². The summed E-state index contributed by atoms with van der Waals surface area (Å²) in [5, 5.41) is 7.02. The molecule has 3 unspecified atom stereocenters. The molecule has 4 rings (SSSR count). The van der Waals surface area contributed by atoms with Crippen molar-refractivity contribution in [2.75, 3.05) is 6.61 Å². The smallest absolute Gasteiger partial charge is 0.224 e. The predicted molar refractivity (Wildman–Crippen MR) is 89.3 cm³/mol. The molecule has 24 heavy (non-hydrogen) atoms. The zero-order valence-electron chi connectivity index (χ0n) is 13.7. The highest BCUT2D eigenvalue weighted by Gasteiger charge is 2.41. The number of ether oxygens (including phenoxy) is 1. The van der Waals surface area contributed by atoms with Crippen molar-refractivity contribution >= 4 is 23.2 Å². The minimum absolute atomic E-state index is 0.00571. The number of nitrogens with zero attached hydrogens (tertiary/aromatic N) is 1. The van der Waals surface area contributed by atoms with Gasteiger partial charge in [-0.3, -0.25) is 9.59 Å². The van der Waals surface area contributed by atoms with Crippen molar-refractivity contribution in [2.45, 2.75) is 57.7 Å². The lowest BCUT2D eigenvalue weighted by atomic mass is 9.72. The van der Waals surface area contributed by atoms with Crippen molar-refractivity contribution in [3.8, 4) is 0 Å². The van der Waals surface area contributed by atoms with Crippen LogP contribution < -0.4 is 10.6 Å². The number of piperidine rings is 1. The second-order valence-corrected chi connectivity index (χ2v) is 8.10. The van der Waals surface area contributed by atoms with Crippen LogP contribution in [0.5, 0.6) is 0 Å². The quantitative estimate of drug-likeness (QED) is 0.867. The van der Waals surface area contributed by atoms with Crippen molar-refractivity contribution in [3.63, 3.8) is 0 Å². The Kier molecular flexibility index (Phi) is 4.54. The normalized spacial score (nSPS) is 29.3. The van der Waals surface area contributed by atoms with E-state index in [-0.39, 0.29) is 29.7 Å². The summed E-state index contributed by atoms with van der Waals surface area (Å²) >= 11 is 1.62. The summed E-state index contributed by atoms with van der Waals surface area (Å²) in [5.74, 6) is 0.114. The molecule has 1 aliphatic carbocycles. The average molecular weight is 349 g/mol. The number of hydrogen-bond acceptors (Lipinski definition) is 5. The van der Waals surface area contributed by atoms with Gasteiger partial charge in [0.25, 0.3) is 0 Å². The van der Waals surface area contributed by atoms with Crippen LogP contribution in [0, 0.1) is 11.8 Å². The van der Waals surface area contributed by atoms with Crippen LogP contribution in [0.2, 0.25) is 0 Å². The molecule has 3 aliphatic rings. The van der Waals surface area contributed by atoms with E-state index in [4.69, 9.17) is 4.74 Å². The minimum atomic E-state index is -0.193. The molecule has 2 aliphatic heterocycles. The molecule has 2 fully saturated rings. The summed E-state index contributed by atoms with van der Waals surface area (Å²) in [5.41, 5.74) is 1.11. The summed E-state index contributed by atoms with van der Waals surface area (Å²) < 4.78 is 5.44. The molecular weight excluding hydrogens is 326 g/mol. The van der Waals surface area contributed by atoms with Gasteiger partial charge in [0.05, 0.1) is 36.2 Å². The van der Waals surface area contributed by atoms with Gasteiger partial charge in [-0.2, -0.15) is 0 Å². The van der Waals surface area contributed by atoms with Crippen molar-refractivity contribution in [1.29, 1.82) is 0 Å². The minimum Gasteiger partial charge on any atom is -0.375 e. The molecule has 3 heterocycles. The maximum absolute atomic E-state index is 12.7. The second-order valence-electron chi connectivity index (χ2n) is 6.93. The number of hydrogen-bond donors (Lipinski definition) is 2. The summed E-state index contributed by atoms with van der Waals surface area (Å²) in [6, 6.07) is 0.181. The highest BCUT2D eigenvalue weighted by Crippen LogP contribution is 2.35. The van der Waals surface area contributed by atoms with Crippen LogP contribution in [0.3, 0.4) is 0 Å². The molecule has 0 spiro atoms. The lowest BCUT2D eigenvalue weighted by molar-refractivity contribution is -0.137. The molecule has 7 heteroatoms. The second kappa shape index (κ2) is 6.80. The molecule has 0 aromatic carbocycles. The summed E-state index contributed by atoms with van der Waals surface area (Å²) in [6.07, 6.45) is 5.50. The van der Waals surface area contributed by atoms with E-state index >= 15 is 0 Å². The van der Waals surface area contributed by atoms with Gasteiger partial charge in [-0.15, -0.1) is 11.3 Å². The van der Waals surface area contributed by atoms with Crippen LogP contribution in [0.15, 0.2) is 0 Å². The van der Waals surface area contributed by atoms with Crippen molar-refractivity contribution in [3.05, 3.63) is 15.6 Å². The first-order chi connectivity index (χ1) is 11.7. The van der Waals surface area contributed by atoms with Gasteiger partial charge >= 0.3 is 0 Å². The molecule has 1 aromatic heterocycles. The molecule has 1 saturated carbocycles. The molecular formula is C17H23N3O3S. The van der Waals surface area contributed by atoms with Gasteiger partial charge < -0.3 is 15.4 Å². The number of nitrogens with one attached hydrogen (secondary N) is 2. The van der Waals surface area contributed by atoms with E-state index in [1.54, 1.807) is 11.3 Å². The fourth-order valence-electron chi connectivity index (χ4n) is 4.17. The van der Waals surface area contributed by atoms with E-state index in [0.29, 0.717) is 19.6 Å². The molecule has 0 bridgehead atoms. The monoisotopic (exact) mass is 349 g/mol. The van der Waals surface area contributed by atoms with Gasteiger partial charge in [-0.05, 0) is 18.8 Å². The van der Waals surface area contributed by atoms with E-state index in [1.165, 1.54) is 4.88 Å². The van der Waals surface area contributed by atoms with Crippen LogP contribution in [-0.4, -0.2) is 29.4 Å². The van der Waals surface area contributed by atoms with Gasteiger partial charge in [-0.25, -0.2) is 4.98 Å². The van der Waals surface area contributed by atoms with Crippen molar-refractivity contribution in [2.24, 2.45) is 11.8 Å². The Bertz CT molecular complexity index is 622. The summed E-state index contributed by atoms with van der Waals surface area (Å²) in [6.45, 7) is 1.81. The van der Waals surface area contributed by atoms with Crippen LogP contribution >= 0.6 is 11.3 Å². The van der Waals surface area contributed by atoms with E-state index in [0.717, 1.165) is 49.4 Å². The molecule has 1 saturated heterocycles. The predicted octanol–water partition coefficient (Wildman–Crippen LogP) is 1.53. The standard InChI is InChI=1S/C17H23N3O3S/c21-15-7-11(10-3-1-2-4-12(10)19-15)17(22)18-8-16-20-13-5-6-23-9-14(13)24-16/h10-12H,1-9H2,(H,18,22)(H,19,21). The van der Waals surface area contributed by atoms with Crippen LogP contribution in [0.25, 0.3) is 0 Å². The fourth-order valence-corrected chi connectivity index (χ4v) is 5.16. The molecule has 0 radical (unpaired) electrons. The lowest BCUT2D eigenvalue weighted by Gasteiger charge is -2.40. The molecule has 130 valence electrons. The number of fused-ring (bicyclic) bond motifs is 2. The Morgan fingerprint density at radius 1 is 1.38 bits per heavy atom. The van der Waals surface area contributed by atoms with E-state index < -0.39 is 0 Å². The fraction of sp³-hybridized carbons (Fsp3) is 0.706. The number of thiazole rings is 1. The van der Waals surface area contributed by atoms with Crippen molar-refractivity contribution in [1.82, 2.24) is 15.6 Å². The summed E-state index contributed by atoms with van der Waals surface area (Å²) in [7, 11) is 0. The van der Waals surface area contributed by atoms with Crippen molar-refractivity contribution < 1.29 is 14.3 Å². The molecule has 2 N–H and O–H groups in total. The largest absolute Gasteiger partial charge is 0.375 e. The Labute approximate surface area is 145 Å². The van der Waals surface area contributed by atoms with Gasteiger partial charge in [0, 0.05) is 18.9 Å². The Hall–Kier alpha value is -1.47. The third-order valence-corrected chi connectivity index (χ3v) is 6.45. The number of carbonyl (C=O) groups is 2. The van der Waals surface area contributed by atoms with E-state index in [9.17, 15) is 9.59 Å². The number of amides is 2. The van der Waals surface area contributed by atoms with Gasteiger partial charge in [0.1, 0.15) is 5.01 Å². The SMILES string of the molecule is O=C1CC(C(=O)NCc2nc3c(s2)COCC3)C2CCCCC2N1. The highest BCUT2D eigenvalue weighted by atomic mass is 32.1. The third kappa shape index (κ3) is 3.19. The Balaban J connectivity index is 1.39. The summed E-state index contributed by atoms with van der Waals surface area (Å²) in [4.78, 5) is 30.4. The molecule has 6 nitrogen and oxygen atoms in total. The average Bonchev–Trinajstić information content (AvgIpc) is 3.02.